The number of hydrogen-bond acceptors (Lipinski definition) is 3. The van der Waals surface area contributed by atoms with Crippen LogP contribution >= 0.6 is 35.8 Å². The summed E-state index contributed by atoms with van der Waals surface area (Å²) >= 11 is 7.73. The Bertz CT molecular complexity index is 499. The Kier molecular flexibility index (Phi) is 7.34. The van der Waals surface area contributed by atoms with Gasteiger partial charge in [0.05, 0.1) is 5.56 Å². The van der Waals surface area contributed by atoms with E-state index >= 15 is 0 Å². The van der Waals surface area contributed by atoms with Gasteiger partial charge in [0.2, 0.25) is 0 Å². The number of nitrogens with two attached hydrogens (primary N) is 1. The van der Waals surface area contributed by atoms with Crippen molar-refractivity contribution in [2.24, 2.45) is 11.7 Å². The number of hydrogen-bond donors (Lipinski definition) is 1. The fourth-order valence-corrected chi connectivity index (χ4v) is 3.65. The van der Waals surface area contributed by atoms with Crippen molar-refractivity contribution in [1.82, 2.24) is 4.90 Å². The zero-order valence-corrected chi connectivity index (χ0v) is 14.7. The quantitative estimate of drug-likeness (QED) is 0.844. The molecule has 2 N–H and O–H groups in total. The predicted molar refractivity (Wildman–Crippen MR) is 92.8 cm³/mol. The second-order valence-electron chi connectivity index (χ2n) is 5.22. The van der Waals surface area contributed by atoms with Crippen LogP contribution in [0, 0.1) is 5.92 Å². The smallest absolute Gasteiger partial charge is 0.255 e. The molecule has 118 valence electrons. The minimum absolute atomic E-state index is 0. The summed E-state index contributed by atoms with van der Waals surface area (Å²) < 4.78 is 0. The first kappa shape index (κ1) is 18.6. The fraction of sp³-hybridized carbons (Fsp3) is 0.533. The van der Waals surface area contributed by atoms with E-state index in [1.54, 1.807) is 17.8 Å². The van der Waals surface area contributed by atoms with Gasteiger partial charge in [0, 0.05) is 22.5 Å². The van der Waals surface area contributed by atoms with Gasteiger partial charge in [0.15, 0.2) is 0 Å². The van der Waals surface area contributed by atoms with E-state index in [0.717, 1.165) is 23.6 Å². The molecule has 1 fully saturated rings. The molecule has 2 atom stereocenters. The standard InChI is InChI=1S/C15H21ClN2OS.ClH/c1-3-20-14-5-4-12(16)7-13(14)15(19)18-9-11(8-17)6-10(18)2;/h4-5,7,10-11H,3,6,8-9,17H2,1-2H3;1H. The average Bonchev–Trinajstić information content (AvgIpc) is 2.81. The molecular weight excluding hydrogens is 327 g/mol. The lowest BCUT2D eigenvalue weighted by atomic mass is 10.1. The van der Waals surface area contributed by atoms with Gasteiger partial charge in [-0.1, -0.05) is 18.5 Å². The summed E-state index contributed by atoms with van der Waals surface area (Å²) in [5, 5.41) is 0.607. The van der Waals surface area contributed by atoms with Crippen molar-refractivity contribution in [3.05, 3.63) is 28.8 Å². The fourth-order valence-electron chi connectivity index (χ4n) is 2.70. The van der Waals surface area contributed by atoms with Gasteiger partial charge in [-0.15, -0.1) is 24.2 Å². The maximum atomic E-state index is 12.8. The summed E-state index contributed by atoms with van der Waals surface area (Å²) in [6.45, 7) is 5.56. The molecule has 0 saturated carbocycles. The lowest BCUT2D eigenvalue weighted by molar-refractivity contribution is 0.0740. The molecule has 2 unspecified atom stereocenters. The van der Waals surface area contributed by atoms with Crippen LogP contribution < -0.4 is 5.73 Å². The Morgan fingerprint density at radius 3 is 2.81 bits per heavy atom. The van der Waals surface area contributed by atoms with Crippen LogP contribution in [-0.2, 0) is 0 Å². The van der Waals surface area contributed by atoms with Gasteiger partial charge in [0.1, 0.15) is 0 Å². The molecular formula is C15H22Cl2N2OS. The Hall–Kier alpha value is -0.420. The van der Waals surface area contributed by atoms with Crippen LogP contribution in [0.1, 0.15) is 30.6 Å². The Labute approximate surface area is 142 Å². The third kappa shape index (κ3) is 4.28. The summed E-state index contributed by atoms with van der Waals surface area (Å²) in [6.07, 6.45) is 0.985. The zero-order chi connectivity index (χ0) is 14.7. The molecule has 0 radical (unpaired) electrons. The van der Waals surface area contributed by atoms with Gasteiger partial charge >= 0.3 is 0 Å². The summed E-state index contributed by atoms with van der Waals surface area (Å²) in [5.74, 6) is 1.42. The SMILES string of the molecule is CCSc1ccc(Cl)cc1C(=O)N1CC(CN)CC1C.Cl. The molecule has 3 nitrogen and oxygen atoms in total. The largest absolute Gasteiger partial charge is 0.336 e. The van der Waals surface area contributed by atoms with Crippen LogP contribution in [0.5, 0.6) is 0 Å². The maximum absolute atomic E-state index is 12.8. The molecule has 0 aliphatic carbocycles. The third-order valence-corrected chi connectivity index (χ3v) is 4.92. The van der Waals surface area contributed by atoms with Crippen LogP contribution in [0.4, 0.5) is 0 Å². The van der Waals surface area contributed by atoms with Gasteiger partial charge in [-0.25, -0.2) is 0 Å². The van der Waals surface area contributed by atoms with E-state index in [1.165, 1.54) is 0 Å². The van der Waals surface area contributed by atoms with E-state index in [9.17, 15) is 4.79 Å². The van der Waals surface area contributed by atoms with Crippen molar-refractivity contribution in [2.75, 3.05) is 18.8 Å². The van der Waals surface area contributed by atoms with Gasteiger partial charge < -0.3 is 10.6 Å². The molecule has 2 rings (SSSR count). The summed E-state index contributed by atoms with van der Waals surface area (Å²) in [5.41, 5.74) is 6.45. The highest BCUT2D eigenvalue weighted by atomic mass is 35.5. The Morgan fingerprint density at radius 2 is 2.24 bits per heavy atom. The molecule has 1 aliphatic rings. The van der Waals surface area contributed by atoms with Crippen molar-refractivity contribution in [3.8, 4) is 0 Å². The van der Waals surface area contributed by atoms with Crippen molar-refractivity contribution in [3.63, 3.8) is 0 Å². The van der Waals surface area contributed by atoms with Gasteiger partial charge in [-0.3, -0.25) is 4.79 Å². The first-order valence-electron chi connectivity index (χ1n) is 7.00. The molecule has 6 heteroatoms. The number of likely N-dealkylation sites (tertiary alicyclic amines) is 1. The minimum Gasteiger partial charge on any atom is -0.336 e. The molecule has 1 aromatic rings. The Morgan fingerprint density at radius 1 is 1.52 bits per heavy atom. The highest BCUT2D eigenvalue weighted by Crippen LogP contribution is 2.30. The predicted octanol–water partition coefficient (Wildman–Crippen LogP) is 3.68. The molecule has 1 amide bonds. The first-order chi connectivity index (χ1) is 9.56. The van der Waals surface area contributed by atoms with Crippen molar-refractivity contribution in [2.45, 2.75) is 31.2 Å². The summed E-state index contributed by atoms with van der Waals surface area (Å²) in [6, 6.07) is 5.80. The first-order valence-corrected chi connectivity index (χ1v) is 8.36. The molecule has 0 aromatic heterocycles. The van der Waals surface area contributed by atoms with Crippen LogP contribution in [0.15, 0.2) is 23.1 Å². The molecule has 1 aliphatic heterocycles. The van der Waals surface area contributed by atoms with E-state index in [2.05, 4.69) is 13.8 Å². The monoisotopic (exact) mass is 348 g/mol. The molecule has 21 heavy (non-hydrogen) atoms. The number of rotatable bonds is 4. The molecule has 1 aromatic carbocycles. The van der Waals surface area contributed by atoms with Crippen LogP contribution in [0.2, 0.25) is 5.02 Å². The lowest BCUT2D eigenvalue weighted by Gasteiger charge is -2.23. The van der Waals surface area contributed by atoms with Crippen molar-refractivity contribution in [1.29, 1.82) is 0 Å². The van der Waals surface area contributed by atoms with Crippen LogP contribution in [-0.4, -0.2) is 35.7 Å². The van der Waals surface area contributed by atoms with E-state index in [-0.39, 0.29) is 24.4 Å². The molecule has 0 spiro atoms. The second kappa shape index (κ2) is 8.28. The topological polar surface area (TPSA) is 46.3 Å². The van der Waals surface area contributed by atoms with Crippen LogP contribution in [0.25, 0.3) is 0 Å². The van der Waals surface area contributed by atoms with Gasteiger partial charge in [0.25, 0.3) is 5.91 Å². The Balaban J connectivity index is 0.00000220. The third-order valence-electron chi connectivity index (χ3n) is 3.73. The number of benzene rings is 1. The molecule has 1 heterocycles. The lowest BCUT2D eigenvalue weighted by Crippen LogP contribution is -2.34. The number of carbonyl (C=O) groups is 1. The highest BCUT2D eigenvalue weighted by Gasteiger charge is 2.32. The maximum Gasteiger partial charge on any atom is 0.255 e. The minimum atomic E-state index is 0. The van der Waals surface area contributed by atoms with E-state index in [0.29, 0.717) is 23.0 Å². The van der Waals surface area contributed by atoms with Crippen LogP contribution in [0.3, 0.4) is 0 Å². The van der Waals surface area contributed by atoms with E-state index in [1.807, 2.05) is 17.0 Å². The summed E-state index contributed by atoms with van der Waals surface area (Å²) in [7, 11) is 0. The number of amides is 1. The van der Waals surface area contributed by atoms with Gasteiger partial charge in [-0.05, 0) is 49.8 Å². The van der Waals surface area contributed by atoms with Gasteiger partial charge in [-0.2, -0.15) is 0 Å². The average molecular weight is 349 g/mol. The molecule has 0 bridgehead atoms. The zero-order valence-electron chi connectivity index (χ0n) is 12.3. The van der Waals surface area contributed by atoms with Crippen molar-refractivity contribution >= 4 is 41.7 Å². The number of halogens is 2. The number of thioether (sulfide) groups is 1. The second-order valence-corrected chi connectivity index (χ2v) is 6.96. The number of carbonyl (C=O) groups excluding carboxylic acids is 1. The normalized spacial score (nSPS) is 21.2. The summed E-state index contributed by atoms with van der Waals surface area (Å²) in [4.78, 5) is 15.7. The molecule has 1 saturated heterocycles. The number of nitrogens with zero attached hydrogens (tertiary/aromatic N) is 1. The van der Waals surface area contributed by atoms with Crippen molar-refractivity contribution < 1.29 is 4.79 Å². The van der Waals surface area contributed by atoms with E-state index < -0.39 is 0 Å². The highest BCUT2D eigenvalue weighted by molar-refractivity contribution is 7.99. The van der Waals surface area contributed by atoms with E-state index in [4.69, 9.17) is 17.3 Å².